The Labute approximate surface area is 140 Å². The van der Waals surface area contributed by atoms with E-state index in [4.69, 9.17) is 16.3 Å². The van der Waals surface area contributed by atoms with Crippen molar-refractivity contribution in [2.24, 2.45) is 0 Å². The molecule has 0 bridgehead atoms. The first-order valence-electron chi connectivity index (χ1n) is 6.77. The SMILES string of the molecule is COc1ccc(NC(=O)CS(=O)(=O)Cc2ccccc2Cl)cc1. The van der Waals surface area contributed by atoms with Gasteiger partial charge in [-0.2, -0.15) is 0 Å². The van der Waals surface area contributed by atoms with Crippen molar-refractivity contribution in [1.82, 2.24) is 0 Å². The molecule has 122 valence electrons. The normalized spacial score (nSPS) is 11.0. The monoisotopic (exact) mass is 353 g/mol. The number of carbonyl (C=O) groups excluding carboxylic acids is 1. The van der Waals surface area contributed by atoms with Crippen molar-refractivity contribution in [3.63, 3.8) is 0 Å². The van der Waals surface area contributed by atoms with Crippen LogP contribution in [0.4, 0.5) is 5.69 Å². The van der Waals surface area contributed by atoms with Gasteiger partial charge in [0, 0.05) is 10.7 Å². The van der Waals surface area contributed by atoms with Crippen LogP contribution in [0.1, 0.15) is 5.56 Å². The van der Waals surface area contributed by atoms with Crippen molar-refractivity contribution in [1.29, 1.82) is 0 Å². The molecule has 7 heteroatoms. The van der Waals surface area contributed by atoms with Crippen molar-refractivity contribution < 1.29 is 17.9 Å². The maximum atomic E-state index is 12.1. The van der Waals surface area contributed by atoms with Gasteiger partial charge in [0.15, 0.2) is 9.84 Å². The summed E-state index contributed by atoms with van der Waals surface area (Å²) in [6.45, 7) is 0. The number of methoxy groups -OCH3 is 1. The first kappa shape index (κ1) is 17.3. The molecule has 1 N–H and O–H groups in total. The predicted molar refractivity (Wildman–Crippen MR) is 90.6 cm³/mol. The Morgan fingerprint density at radius 1 is 1.13 bits per heavy atom. The largest absolute Gasteiger partial charge is 0.497 e. The van der Waals surface area contributed by atoms with Gasteiger partial charge in [0.05, 0.1) is 12.9 Å². The van der Waals surface area contributed by atoms with Crippen LogP contribution >= 0.6 is 11.6 Å². The molecule has 2 rings (SSSR count). The van der Waals surface area contributed by atoms with Crippen molar-refractivity contribution in [2.45, 2.75) is 5.75 Å². The lowest BCUT2D eigenvalue weighted by molar-refractivity contribution is -0.113. The second-order valence-corrected chi connectivity index (χ2v) is 7.37. The fourth-order valence-electron chi connectivity index (χ4n) is 1.97. The molecule has 0 saturated carbocycles. The minimum absolute atomic E-state index is 0.275. The molecule has 0 saturated heterocycles. The quantitative estimate of drug-likeness (QED) is 0.866. The molecule has 0 aliphatic heterocycles. The highest BCUT2D eigenvalue weighted by atomic mass is 35.5. The Morgan fingerprint density at radius 3 is 2.39 bits per heavy atom. The second kappa shape index (κ2) is 7.48. The van der Waals surface area contributed by atoms with Crippen LogP contribution in [0.3, 0.4) is 0 Å². The molecule has 1 amide bonds. The number of amides is 1. The van der Waals surface area contributed by atoms with Crippen molar-refractivity contribution in [3.05, 3.63) is 59.1 Å². The molecule has 2 aromatic carbocycles. The zero-order valence-corrected chi connectivity index (χ0v) is 14.0. The van der Waals surface area contributed by atoms with Gasteiger partial charge in [0.2, 0.25) is 5.91 Å². The number of hydrogen-bond acceptors (Lipinski definition) is 4. The number of nitrogens with one attached hydrogen (secondary N) is 1. The summed E-state index contributed by atoms with van der Waals surface area (Å²) in [5.74, 6) is -0.830. The van der Waals surface area contributed by atoms with Crippen LogP contribution in [0.25, 0.3) is 0 Å². The Bertz CT molecular complexity index is 788. The van der Waals surface area contributed by atoms with Crippen LogP contribution in [0.15, 0.2) is 48.5 Å². The molecule has 0 aliphatic rings. The van der Waals surface area contributed by atoms with Crippen LogP contribution in [0, 0.1) is 0 Å². The summed E-state index contributed by atoms with van der Waals surface area (Å²) in [4.78, 5) is 11.9. The molecule has 5 nitrogen and oxygen atoms in total. The van der Waals surface area contributed by atoms with E-state index < -0.39 is 21.5 Å². The number of carbonyl (C=O) groups is 1. The number of ether oxygens (including phenoxy) is 1. The molecule has 0 unspecified atom stereocenters. The van der Waals surface area contributed by atoms with Gasteiger partial charge in [-0.3, -0.25) is 4.79 Å². The molecule has 0 fully saturated rings. The minimum Gasteiger partial charge on any atom is -0.497 e. The van der Waals surface area contributed by atoms with Crippen LogP contribution in [0.5, 0.6) is 5.75 Å². The Morgan fingerprint density at radius 2 is 1.78 bits per heavy atom. The number of sulfone groups is 1. The number of anilines is 1. The summed E-state index contributed by atoms with van der Waals surface area (Å²) >= 11 is 5.95. The van der Waals surface area contributed by atoms with Gasteiger partial charge in [-0.15, -0.1) is 0 Å². The molecule has 0 atom stereocenters. The first-order chi connectivity index (χ1) is 10.9. The molecule has 2 aromatic rings. The number of benzene rings is 2. The maximum Gasteiger partial charge on any atom is 0.239 e. The van der Waals surface area contributed by atoms with Crippen LogP contribution < -0.4 is 10.1 Å². The molecule has 0 aromatic heterocycles. The van der Waals surface area contributed by atoms with Crippen LogP contribution in [-0.2, 0) is 20.4 Å². The lowest BCUT2D eigenvalue weighted by atomic mass is 10.2. The lowest BCUT2D eigenvalue weighted by Gasteiger charge is -2.08. The van der Waals surface area contributed by atoms with E-state index in [1.165, 1.54) is 7.11 Å². The molecule has 0 heterocycles. The third-order valence-corrected chi connectivity index (χ3v) is 4.88. The van der Waals surface area contributed by atoms with E-state index in [0.717, 1.165) is 0 Å². The Balaban J connectivity index is 1.99. The predicted octanol–water partition coefficient (Wildman–Crippen LogP) is 2.90. The summed E-state index contributed by atoms with van der Waals surface area (Å²) in [7, 11) is -2.07. The van der Waals surface area contributed by atoms with Crippen molar-refractivity contribution in [3.8, 4) is 5.75 Å². The molecule has 23 heavy (non-hydrogen) atoms. The van der Waals surface area contributed by atoms with Crippen molar-refractivity contribution in [2.75, 3.05) is 18.2 Å². The van der Waals surface area contributed by atoms with E-state index in [-0.39, 0.29) is 5.75 Å². The summed E-state index contributed by atoms with van der Waals surface area (Å²) in [5, 5.41) is 2.91. The van der Waals surface area contributed by atoms with E-state index in [1.54, 1.807) is 48.5 Å². The van der Waals surface area contributed by atoms with Crippen LogP contribution in [0.2, 0.25) is 5.02 Å². The minimum atomic E-state index is -3.61. The van der Waals surface area contributed by atoms with Gasteiger partial charge in [0.1, 0.15) is 11.5 Å². The highest BCUT2D eigenvalue weighted by molar-refractivity contribution is 7.91. The van der Waals surface area contributed by atoms with Gasteiger partial charge in [-0.1, -0.05) is 29.8 Å². The number of rotatable bonds is 6. The fraction of sp³-hybridized carbons (Fsp3) is 0.188. The van der Waals surface area contributed by atoms with E-state index >= 15 is 0 Å². The highest BCUT2D eigenvalue weighted by Crippen LogP contribution is 2.18. The summed E-state index contributed by atoms with van der Waals surface area (Å²) in [5.41, 5.74) is 0.982. The highest BCUT2D eigenvalue weighted by Gasteiger charge is 2.18. The topological polar surface area (TPSA) is 72.5 Å². The zero-order valence-electron chi connectivity index (χ0n) is 12.5. The van der Waals surface area contributed by atoms with Crippen molar-refractivity contribution >= 4 is 33.0 Å². The van der Waals surface area contributed by atoms with E-state index in [2.05, 4.69) is 5.32 Å². The average Bonchev–Trinajstić information content (AvgIpc) is 2.49. The van der Waals surface area contributed by atoms with Gasteiger partial charge < -0.3 is 10.1 Å². The summed E-state index contributed by atoms with van der Waals surface area (Å²) in [6.07, 6.45) is 0. The second-order valence-electron chi connectivity index (χ2n) is 4.90. The third kappa shape index (κ3) is 5.26. The van der Waals surface area contributed by atoms with Gasteiger partial charge >= 0.3 is 0 Å². The van der Waals surface area contributed by atoms with Gasteiger partial charge in [-0.05, 0) is 35.9 Å². The van der Waals surface area contributed by atoms with E-state index in [0.29, 0.717) is 22.0 Å². The van der Waals surface area contributed by atoms with E-state index in [9.17, 15) is 13.2 Å². The van der Waals surface area contributed by atoms with Gasteiger partial charge in [0.25, 0.3) is 0 Å². The number of halogens is 1. The molecular formula is C16H16ClNO4S. The fourth-order valence-corrected chi connectivity index (χ4v) is 3.56. The van der Waals surface area contributed by atoms with Gasteiger partial charge in [-0.25, -0.2) is 8.42 Å². The Kier molecular flexibility index (Phi) is 5.63. The van der Waals surface area contributed by atoms with Crippen LogP contribution in [-0.4, -0.2) is 27.2 Å². The third-order valence-electron chi connectivity index (χ3n) is 3.06. The molecule has 0 aliphatic carbocycles. The smallest absolute Gasteiger partial charge is 0.239 e. The average molecular weight is 354 g/mol. The zero-order chi connectivity index (χ0) is 16.9. The molecule has 0 radical (unpaired) electrons. The van der Waals surface area contributed by atoms with E-state index in [1.807, 2.05) is 0 Å². The number of hydrogen-bond donors (Lipinski definition) is 1. The molecular weight excluding hydrogens is 338 g/mol. The standard InChI is InChI=1S/C16H16ClNO4S/c1-22-14-8-6-13(7-9-14)18-16(19)11-23(20,21)10-12-4-2-3-5-15(12)17/h2-9H,10-11H2,1H3,(H,18,19). The maximum absolute atomic E-state index is 12.1. The summed E-state index contributed by atoms with van der Waals surface area (Å²) < 4.78 is 29.2. The lowest BCUT2D eigenvalue weighted by Crippen LogP contribution is -2.24. The Hall–Kier alpha value is -2.05. The first-order valence-corrected chi connectivity index (χ1v) is 8.97. The molecule has 0 spiro atoms. The summed E-state index contributed by atoms with van der Waals surface area (Å²) in [6, 6.07) is 13.3.